The van der Waals surface area contributed by atoms with Gasteiger partial charge in [0.15, 0.2) is 5.75 Å². The van der Waals surface area contributed by atoms with Crippen LogP contribution >= 0.6 is 15.9 Å². The second-order valence-corrected chi connectivity index (χ2v) is 6.90. The Kier molecular flexibility index (Phi) is 3.41. The first-order valence-electron chi connectivity index (χ1n) is 7.05. The highest BCUT2D eigenvalue weighted by atomic mass is 79.9. The average Bonchev–Trinajstić information content (AvgIpc) is 2.87. The molecule has 1 amide bonds. The third-order valence-electron chi connectivity index (χ3n) is 4.78. The van der Waals surface area contributed by atoms with E-state index in [1.807, 2.05) is 6.07 Å². The second-order valence-electron chi connectivity index (χ2n) is 6.04. The molecule has 0 spiro atoms. The smallest absolute Gasteiger partial charge is 0.409 e. The Morgan fingerprint density at radius 1 is 1.48 bits per heavy atom. The van der Waals surface area contributed by atoms with Gasteiger partial charge in [-0.3, -0.25) is 4.90 Å². The number of carbonyl (C=O) groups excluding carboxylic acids is 1. The molecule has 0 unspecified atom stereocenters. The van der Waals surface area contributed by atoms with Gasteiger partial charge in [-0.05, 0) is 41.5 Å². The summed E-state index contributed by atoms with van der Waals surface area (Å²) in [6, 6.07) is 4.03. The number of amides is 1. The van der Waals surface area contributed by atoms with Crippen molar-refractivity contribution < 1.29 is 9.53 Å². The van der Waals surface area contributed by atoms with Gasteiger partial charge in [0.1, 0.15) is 0 Å². The Hall–Kier alpha value is -1.27. The lowest BCUT2D eigenvalue weighted by molar-refractivity contribution is 0.201. The fourth-order valence-electron chi connectivity index (χ4n) is 3.89. The topological polar surface area (TPSA) is 44.8 Å². The zero-order valence-electron chi connectivity index (χ0n) is 12.7. The van der Waals surface area contributed by atoms with Crippen molar-refractivity contribution in [2.24, 2.45) is 0 Å². The van der Waals surface area contributed by atoms with Gasteiger partial charge in [-0.2, -0.15) is 0 Å². The Labute approximate surface area is 133 Å². The normalized spacial score (nSPS) is 27.5. The summed E-state index contributed by atoms with van der Waals surface area (Å²) in [5.41, 5.74) is 2.22. The molecule has 0 aromatic heterocycles. The molecular weight excluding hydrogens is 334 g/mol. The molecule has 0 aliphatic carbocycles. The number of benzene rings is 1. The van der Waals surface area contributed by atoms with Crippen molar-refractivity contribution in [2.75, 3.05) is 32.6 Å². The lowest BCUT2D eigenvalue weighted by atomic mass is 9.81. The van der Waals surface area contributed by atoms with E-state index in [0.29, 0.717) is 11.9 Å². The summed E-state index contributed by atoms with van der Waals surface area (Å²) in [7, 11) is 5.82. The van der Waals surface area contributed by atoms with Crippen LogP contribution in [0.2, 0.25) is 0 Å². The molecule has 21 heavy (non-hydrogen) atoms. The van der Waals surface area contributed by atoms with Crippen LogP contribution in [0.3, 0.4) is 0 Å². The molecule has 2 aliphatic rings. The highest BCUT2D eigenvalue weighted by Crippen LogP contribution is 2.55. The quantitative estimate of drug-likeness (QED) is 0.842. The SMILES string of the molecule is CNC(=O)Oc1c(Br)ccc2c1[C@@]1(C)CCN(C)[C@H]1N2C. The maximum Gasteiger partial charge on any atom is 0.412 e. The van der Waals surface area contributed by atoms with Gasteiger partial charge in [-0.1, -0.05) is 6.92 Å². The number of rotatable bonds is 1. The van der Waals surface area contributed by atoms with Crippen LogP contribution in [0.4, 0.5) is 10.5 Å². The summed E-state index contributed by atoms with van der Waals surface area (Å²) in [4.78, 5) is 16.3. The Balaban J connectivity index is 2.17. The summed E-state index contributed by atoms with van der Waals surface area (Å²) >= 11 is 3.53. The minimum absolute atomic E-state index is 0.0357. The maximum absolute atomic E-state index is 11.7. The van der Waals surface area contributed by atoms with Gasteiger partial charge in [-0.15, -0.1) is 0 Å². The van der Waals surface area contributed by atoms with E-state index in [2.05, 4.69) is 58.1 Å². The molecule has 6 heteroatoms. The zero-order valence-corrected chi connectivity index (χ0v) is 14.3. The number of hydrogen-bond acceptors (Lipinski definition) is 4. The molecule has 1 aromatic carbocycles. The number of anilines is 1. The monoisotopic (exact) mass is 353 g/mol. The lowest BCUT2D eigenvalue weighted by Gasteiger charge is -2.32. The molecule has 3 rings (SSSR count). The molecule has 1 saturated heterocycles. The standard InChI is InChI=1S/C15H20BrN3O2/c1-15-7-8-18(3)13(15)19(4)10-6-5-9(16)12(11(10)15)21-14(20)17-2/h5-6,13H,7-8H2,1-4H3,(H,17,20)/t13-,15+/m0/s1. The number of ether oxygens (including phenoxy) is 1. The highest BCUT2D eigenvalue weighted by Gasteiger charge is 2.54. The van der Waals surface area contributed by atoms with Gasteiger partial charge in [0.25, 0.3) is 0 Å². The highest BCUT2D eigenvalue weighted by molar-refractivity contribution is 9.10. The van der Waals surface area contributed by atoms with Crippen LogP contribution in [0.1, 0.15) is 18.9 Å². The van der Waals surface area contributed by atoms with Gasteiger partial charge in [0, 0.05) is 37.3 Å². The van der Waals surface area contributed by atoms with Gasteiger partial charge in [0.2, 0.25) is 0 Å². The molecule has 114 valence electrons. The van der Waals surface area contributed by atoms with E-state index in [1.54, 1.807) is 7.05 Å². The Bertz CT molecular complexity index is 607. The molecule has 5 nitrogen and oxygen atoms in total. The number of halogens is 1. The zero-order chi connectivity index (χ0) is 15.4. The third-order valence-corrected chi connectivity index (χ3v) is 5.40. The molecule has 2 atom stereocenters. The van der Waals surface area contributed by atoms with E-state index in [9.17, 15) is 4.79 Å². The number of nitrogens with zero attached hydrogens (tertiary/aromatic N) is 2. The van der Waals surface area contributed by atoms with Crippen LogP contribution in [0.15, 0.2) is 16.6 Å². The molecule has 0 radical (unpaired) electrons. The fourth-order valence-corrected chi connectivity index (χ4v) is 4.30. The van der Waals surface area contributed by atoms with Crippen LogP contribution in [0.5, 0.6) is 5.75 Å². The van der Waals surface area contributed by atoms with E-state index in [4.69, 9.17) is 4.74 Å². The van der Waals surface area contributed by atoms with Gasteiger partial charge in [-0.25, -0.2) is 4.79 Å². The number of carbonyl (C=O) groups is 1. The second kappa shape index (κ2) is 4.88. The Morgan fingerprint density at radius 2 is 2.19 bits per heavy atom. The van der Waals surface area contributed by atoms with E-state index in [1.165, 1.54) is 0 Å². The van der Waals surface area contributed by atoms with E-state index in [-0.39, 0.29) is 5.41 Å². The van der Waals surface area contributed by atoms with Gasteiger partial charge >= 0.3 is 6.09 Å². The first kappa shape index (κ1) is 14.7. The van der Waals surface area contributed by atoms with Crippen LogP contribution in [0, 0.1) is 0 Å². The third kappa shape index (κ3) is 1.96. The predicted molar refractivity (Wildman–Crippen MR) is 86.0 cm³/mol. The molecule has 1 fully saturated rings. The van der Waals surface area contributed by atoms with Crippen molar-refractivity contribution in [1.82, 2.24) is 10.2 Å². The van der Waals surface area contributed by atoms with Crippen molar-refractivity contribution >= 4 is 27.7 Å². The van der Waals surface area contributed by atoms with Crippen LogP contribution in [-0.2, 0) is 5.41 Å². The minimum atomic E-state index is -0.440. The molecule has 0 saturated carbocycles. The molecule has 1 N–H and O–H groups in total. The summed E-state index contributed by atoms with van der Waals surface area (Å²) in [6.07, 6.45) is 0.908. The summed E-state index contributed by atoms with van der Waals surface area (Å²) < 4.78 is 6.37. The molecular formula is C15H20BrN3O2. The summed E-state index contributed by atoms with van der Waals surface area (Å²) in [5, 5.41) is 2.52. The first-order valence-corrected chi connectivity index (χ1v) is 7.85. The van der Waals surface area contributed by atoms with Crippen LogP contribution in [0.25, 0.3) is 0 Å². The fraction of sp³-hybridized carbons (Fsp3) is 0.533. The van der Waals surface area contributed by atoms with Crippen LogP contribution < -0.4 is 15.0 Å². The van der Waals surface area contributed by atoms with Crippen LogP contribution in [-0.4, -0.2) is 44.8 Å². The van der Waals surface area contributed by atoms with E-state index >= 15 is 0 Å². The minimum Gasteiger partial charge on any atom is -0.409 e. The number of hydrogen-bond donors (Lipinski definition) is 1. The lowest BCUT2D eigenvalue weighted by Crippen LogP contribution is -2.45. The number of likely N-dealkylation sites (tertiary alicyclic amines) is 1. The molecule has 2 heterocycles. The molecule has 0 bridgehead atoms. The summed E-state index contributed by atoms with van der Waals surface area (Å²) in [5.74, 6) is 0.638. The van der Waals surface area contributed by atoms with Gasteiger partial charge < -0.3 is 15.0 Å². The first-order chi connectivity index (χ1) is 9.90. The van der Waals surface area contributed by atoms with Crippen molar-refractivity contribution in [2.45, 2.75) is 24.9 Å². The van der Waals surface area contributed by atoms with Crippen molar-refractivity contribution in [3.63, 3.8) is 0 Å². The Morgan fingerprint density at radius 3 is 2.86 bits per heavy atom. The average molecular weight is 354 g/mol. The summed E-state index contributed by atoms with van der Waals surface area (Å²) in [6.45, 7) is 3.30. The number of fused-ring (bicyclic) bond motifs is 3. The molecule has 1 aromatic rings. The molecule has 2 aliphatic heterocycles. The largest absolute Gasteiger partial charge is 0.412 e. The van der Waals surface area contributed by atoms with Crippen molar-refractivity contribution in [1.29, 1.82) is 0 Å². The van der Waals surface area contributed by atoms with Crippen molar-refractivity contribution in [3.8, 4) is 5.75 Å². The van der Waals surface area contributed by atoms with E-state index < -0.39 is 6.09 Å². The maximum atomic E-state index is 11.7. The number of nitrogens with one attached hydrogen (secondary N) is 1. The van der Waals surface area contributed by atoms with E-state index in [0.717, 1.165) is 28.7 Å². The number of likely N-dealkylation sites (N-methyl/N-ethyl adjacent to an activating group) is 2. The van der Waals surface area contributed by atoms with Crippen molar-refractivity contribution in [3.05, 3.63) is 22.2 Å². The van der Waals surface area contributed by atoms with Gasteiger partial charge in [0.05, 0.1) is 10.6 Å². The predicted octanol–water partition coefficient (Wildman–Crippen LogP) is 2.54.